The third-order valence-corrected chi connectivity index (χ3v) is 3.98. The van der Waals surface area contributed by atoms with Crippen LogP contribution in [0.15, 0.2) is 12.1 Å². The first-order valence-electron chi connectivity index (χ1n) is 6.79. The molecule has 0 aliphatic carbocycles. The van der Waals surface area contributed by atoms with E-state index in [1.165, 1.54) is 16.7 Å². The van der Waals surface area contributed by atoms with Crippen molar-refractivity contribution >= 4 is 0 Å². The number of benzene rings is 1. The van der Waals surface area contributed by atoms with Gasteiger partial charge >= 0.3 is 0 Å². The van der Waals surface area contributed by atoms with Crippen molar-refractivity contribution in [3.8, 4) is 5.75 Å². The summed E-state index contributed by atoms with van der Waals surface area (Å²) in [6.45, 7) is 7.66. The molecule has 1 aliphatic rings. The number of hydrogen-bond donors (Lipinski definition) is 1. The van der Waals surface area contributed by atoms with Gasteiger partial charge in [-0.3, -0.25) is 4.90 Å². The maximum Gasteiger partial charge on any atom is 0.123 e. The molecule has 0 bridgehead atoms. The maximum atomic E-state index is 5.52. The van der Waals surface area contributed by atoms with Gasteiger partial charge in [-0.2, -0.15) is 0 Å². The van der Waals surface area contributed by atoms with Crippen LogP contribution >= 0.6 is 0 Å². The molecule has 3 heteroatoms. The van der Waals surface area contributed by atoms with E-state index >= 15 is 0 Å². The zero-order chi connectivity index (χ0) is 13.1. The van der Waals surface area contributed by atoms with E-state index in [-0.39, 0.29) is 0 Å². The van der Waals surface area contributed by atoms with Crippen LogP contribution in [0.2, 0.25) is 0 Å². The van der Waals surface area contributed by atoms with Gasteiger partial charge < -0.3 is 10.1 Å². The Bertz CT molecular complexity index is 417. The largest absolute Gasteiger partial charge is 0.496 e. The van der Waals surface area contributed by atoms with Gasteiger partial charge in [0.05, 0.1) is 7.11 Å². The Morgan fingerprint density at radius 1 is 1.44 bits per heavy atom. The third kappa shape index (κ3) is 2.38. The summed E-state index contributed by atoms with van der Waals surface area (Å²) in [6.07, 6.45) is 1.15. The molecule has 0 fully saturated rings. The highest BCUT2D eigenvalue weighted by atomic mass is 16.5. The van der Waals surface area contributed by atoms with Crippen LogP contribution < -0.4 is 10.1 Å². The summed E-state index contributed by atoms with van der Waals surface area (Å²) in [6, 6.07) is 5.04. The molecule has 0 amide bonds. The summed E-state index contributed by atoms with van der Waals surface area (Å²) in [5.74, 6) is 1.01. The fourth-order valence-corrected chi connectivity index (χ4v) is 2.90. The van der Waals surface area contributed by atoms with Crippen molar-refractivity contribution in [3.05, 3.63) is 28.8 Å². The van der Waals surface area contributed by atoms with Crippen LogP contribution in [-0.4, -0.2) is 32.1 Å². The zero-order valence-corrected chi connectivity index (χ0v) is 11.9. The standard InChI is InChI=1S/C15H24N2O/c1-5-17-7-6-12-8-13(10-16-3)15(18-4)9-14(12)11(17)2/h8-9,11,16H,5-7,10H2,1-4H3. The predicted molar refractivity (Wildman–Crippen MR) is 75.1 cm³/mol. The lowest BCUT2D eigenvalue weighted by Gasteiger charge is -2.35. The Morgan fingerprint density at radius 2 is 2.22 bits per heavy atom. The highest BCUT2D eigenvalue weighted by Gasteiger charge is 2.24. The van der Waals surface area contributed by atoms with Crippen molar-refractivity contribution in [2.45, 2.75) is 32.9 Å². The van der Waals surface area contributed by atoms with Crippen molar-refractivity contribution in [2.24, 2.45) is 0 Å². The van der Waals surface area contributed by atoms with E-state index in [4.69, 9.17) is 4.74 Å². The summed E-state index contributed by atoms with van der Waals surface area (Å²) in [7, 11) is 3.73. The fourth-order valence-electron chi connectivity index (χ4n) is 2.90. The topological polar surface area (TPSA) is 24.5 Å². The van der Waals surface area contributed by atoms with Crippen LogP contribution in [0.25, 0.3) is 0 Å². The van der Waals surface area contributed by atoms with Crippen LogP contribution in [0.3, 0.4) is 0 Å². The number of nitrogens with one attached hydrogen (secondary N) is 1. The van der Waals surface area contributed by atoms with E-state index in [0.717, 1.165) is 31.8 Å². The Morgan fingerprint density at radius 3 is 2.83 bits per heavy atom. The Balaban J connectivity index is 2.39. The molecule has 2 rings (SSSR count). The molecule has 0 aromatic heterocycles. The molecule has 1 aliphatic heterocycles. The molecule has 0 saturated heterocycles. The van der Waals surface area contributed by atoms with E-state index in [0.29, 0.717) is 6.04 Å². The first-order valence-corrected chi connectivity index (χ1v) is 6.79. The number of methoxy groups -OCH3 is 1. The maximum absolute atomic E-state index is 5.52. The van der Waals surface area contributed by atoms with Crippen LogP contribution in [0.5, 0.6) is 5.75 Å². The van der Waals surface area contributed by atoms with Gasteiger partial charge in [0, 0.05) is 24.7 Å². The second-order valence-corrected chi connectivity index (χ2v) is 4.95. The molecule has 1 aromatic carbocycles. The van der Waals surface area contributed by atoms with Crippen molar-refractivity contribution in [1.29, 1.82) is 0 Å². The highest BCUT2D eigenvalue weighted by molar-refractivity contribution is 5.45. The number of hydrogen-bond acceptors (Lipinski definition) is 3. The van der Waals surface area contributed by atoms with Crippen LogP contribution in [-0.2, 0) is 13.0 Å². The minimum absolute atomic E-state index is 0.497. The quantitative estimate of drug-likeness (QED) is 0.885. The monoisotopic (exact) mass is 248 g/mol. The second-order valence-electron chi connectivity index (χ2n) is 4.95. The minimum atomic E-state index is 0.497. The average molecular weight is 248 g/mol. The van der Waals surface area contributed by atoms with Crippen LogP contribution in [0.4, 0.5) is 0 Å². The fraction of sp³-hybridized carbons (Fsp3) is 0.600. The second kappa shape index (κ2) is 5.72. The summed E-state index contributed by atoms with van der Waals surface area (Å²) in [5, 5.41) is 3.21. The Hall–Kier alpha value is -1.06. The smallest absolute Gasteiger partial charge is 0.123 e. The Kier molecular flexibility index (Phi) is 4.25. The molecular formula is C15H24N2O. The van der Waals surface area contributed by atoms with E-state index in [1.54, 1.807) is 7.11 Å². The predicted octanol–water partition coefficient (Wildman–Crippen LogP) is 2.35. The lowest BCUT2D eigenvalue weighted by molar-refractivity contribution is 0.209. The number of nitrogens with zero attached hydrogens (tertiary/aromatic N) is 1. The summed E-state index contributed by atoms with van der Waals surface area (Å²) in [5.41, 5.74) is 4.17. The van der Waals surface area contributed by atoms with Gasteiger partial charge in [-0.15, -0.1) is 0 Å². The lowest BCUT2D eigenvalue weighted by atomic mass is 9.91. The van der Waals surface area contributed by atoms with Gasteiger partial charge in [0.25, 0.3) is 0 Å². The van der Waals surface area contributed by atoms with E-state index in [9.17, 15) is 0 Å². The first-order chi connectivity index (χ1) is 8.71. The van der Waals surface area contributed by atoms with E-state index < -0.39 is 0 Å². The number of likely N-dealkylation sites (N-methyl/N-ethyl adjacent to an activating group) is 1. The van der Waals surface area contributed by atoms with E-state index in [2.05, 4.69) is 36.2 Å². The van der Waals surface area contributed by atoms with Gasteiger partial charge in [-0.25, -0.2) is 0 Å². The Labute approximate surface area is 110 Å². The van der Waals surface area contributed by atoms with Crippen LogP contribution in [0, 0.1) is 0 Å². The van der Waals surface area contributed by atoms with Crippen molar-refractivity contribution in [1.82, 2.24) is 10.2 Å². The molecule has 1 heterocycles. The molecule has 3 nitrogen and oxygen atoms in total. The van der Waals surface area contributed by atoms with Crippen LogP contribution in [0.1, 0.15) is 36.6 Å². The molecule has 1 aromatic rings. The van der Waals surface area contributed by atoms with Gasteiger partial charge in [0.1, 0.15) is 5.75 Å². The van der Waals surface area contributed by atoms with Gasteiger partial charge in [0.2, 0.25) is 0 Å². The molecular weight excluding hydrogens is 224 g/mol. The molecule has 18 heavy (non-hydrogen) atoms. The zero-order valence-electron chi connectivity index (χ0n) is 11.9. The summed E-state index contributed by atoms with van der Waals surface area (Å²) in [4.78, 5) is 2.51. The number of fused-ring (bicyclic) bond motifs is 1. The molecule has 1 unspecified atom stereocenters. The van der Waals surface area contributed by atoms with Gasteiger partial charge in [-0.05, 0) is 44.1 Å². The number of ether oxygens (including phenoxy) is 1. The molecule has 1 atom stereocenters. The number of rotatable bonds is 4. The van der Waals surface area contributed by atoms with Crippen molar-refractivity contribution in [3.63, 3.8) is 0 Å². The van der Waals surface area contributed by atoms with Gasteiger partial charge in [0.15, 0.2) is 0 Å². The normalized spacial score (nSPS) is 19.7. The van der Waals surface area contributed by atoms with Crippen molar-refractivity contribution < 1.29 is 4.74 Å². The molecule has 0 radical (unpaired) electrons. The highest BCUT2D eigenvalue weighted by Crippen LogP contribution is 2.34. The molecule has 1 N–H and O–H groups in total. The third-order valence-electron chi connectivity index (χ3n) is 3.98. The molecule has 0 spiro atoms. The average Bonchev–Trinajstić information content (AvgIpc) is 2.39. The van der Waals surface area contributed by atoms with Crippen molar-refractivity contribution in [2.75, 3.05) is 27.2 Å². The summed E-state index contributed by atoms with van der Waals surface area (Å²) < 4.78 is 5.52. The first kappa shape index (κ1) is 13.4. The lowest BCUT2D eigenvalue weighted by Crippen LogP contribution is -2.33. The minimum Gasteiger partial charge on any atom is -0.496 e. The van der Waals surface area contributed by atoms with E-state index in [1.807, 2.05) is 7.05 Å². The molecule has 100 valence electrons. The SMILES string of the molecule is CCN1CCc2cc(CNC)c(OC)cc2C1C. The van der Waals surface area contributed by atoms with Gasteiger partial charge in [-0.1, -0.05) is 13.0 Å². The molecule has 0 saturated carbocycles. The summed E-state index contributed by atoms with van der Waals surface area (Å²) >= 11 is 0.